The Bertz CT molecular complexity index is 1660. The molecule has 0 fully saturated rings. The van der Waals surface area contributed by atoms with Gasteiger partial charge in [-0.1, -0.05) is 78.9 Å². The largest absolute Gasteiger partial charge is 0.355 e. The summed E-state index contributed by atoms with van der Waals surface area (Å²) in [6, 6.07) is 39.5. The van der Waals surface area contributed by atoms with Gasteiger partial charge in [-0.25, -0.2) is 0 Å². The third-order valence-electron chi connectivity index (χ3n) is 6.68. The summed E-state index contributed by atoms with van der Waals surface area (Å²) >= 11 is 1.90. The predicted octanol–water partition coefficient (Wildman–Crippen LogP) is 9.04. The first-order valence-electron chi connectivity index (χ1n) is 11.3. The Morgan fingerprint density at radius 1 is 0.545 bits per heavy atom. The molecular formula is C31H21NS. The van der Waals surface area contributed by atoms with E-state index in [2.05, 4.69) is 115 Å². The molecule has 0 amide bonds. The maximum Gasteiger partial charge on any atom is 0.0435 e. The standard InChI is InChI=1S/C31H21NS/c1-2-10-21(11-3-1)32-22-18-28(31-29(19-22)26-13-6-7-16-30(26)33-31)25-15-8-14-24-23-12-5-4-9-20(23)17-27(24)25/h1-16,18-19,32H,17H2. The molecule has 2 heteroatoms. The summed E-state index contributed by atoms with van der Waals surface area (Å²) in [6.07, 6.45) is 0.990. The lowest BCUT2D eigenvalue weighted by Crippen LogP contribution is -1.93. The van der Waals surface area contributed by atoms with Crippen LogP contribution in [0.2, 0.25) is 0 Å². The number of fused-ring (bicyclic) bond motifs is 6. The first-order valence-corrected chi connectivity index (χ1v) is 12.1. The Labute approximate surface area is 197 Å². The van der Waals surface area contributed by atoms with Crippen molar-refractivity contribution in [2.75, 3.05) is 5.32 Å². The van der Waals surface area contributed by atoms with E-state index in [0.29, 0.717) is 0 Å². The quantitative estimate of drug-likeness (QED) is 0.289. The van der Waals surface area contributed by atoms with E-state index in [1.807, 2.05) is 11.3 Å². The number of nitrogens with one attached hydrogen (secondary N) is 1. The fraction of sp³-hybridized carbons (Fsp3) is 0.0323. The fourth-order valence-corrected chi connectivity index (χ4v) is 6.41. The van der Waals surface area contributed by atoms with Crippen LogP contribution in [0.25, 0.3) is 42.4 Å². The zero-order valence-electron chi connectivity index (χ0n) is 18.0. The van der Waals surface area contributed by atoms with Gasteiger partial charge in [0.05, 0.1) is 0 Å². The average Bonchev–Trinajstić information content (AvgIpc) is 3.43. The van der Waals surface area contributed by atoms with Crippen LogP contribution in [0.3, 0.4) is 0 Å². The number of rotatable bonds is 3. The summed E-state index contributed by atoms with van der Waals surface area (Å²) in [5.74, 6) is 0. The normalized spacial score (nSPS) is 12.1. The van der Waals surface area contributed by atoms with Crippen molar-refractivity contribution in [3.8, 4) is 22.3 Å². The molecule has 33 heavy (non-hydrogen) atoms. The van der Waals surface area contributed by atoms with Gasteiger partial charge in [-0.05, 0) is 64.6 Å². The predicted molar refractivity (Wildman–Crippen MR) is 143 cm³/mol. The average molecular weight is 440 g/mol. The minimum absolute atomic E-state index is 0.990. The highest BCUT2D eigenvalue weighted by molar-refractivity contribution is 7.26. The van der Waals surface area contributed by atoms with E-state index in [9.17, 15) is 0 Å². The topological polar surface area (TPSA) is 12.0 Å². The summed E-state index contributed by atoms with van der Waals surface area (Å²) in [5, 5.41) is 6.29. The van der Waals surface area contributed by atoms with Crippen molar-refractivity contribution < 1.29 is 0 Å². The van der Waals surface area contributed by atoms with Crippen molar-refractivity contribution in [2.24, 2.45) is 0 Å². The minimum atomic E-state index is 0.990. The van der Waals surface area contributed by atoms with Gasteiger partial charge in [-0.3, -0.25) is 0 Å². The van der Waals surface area contributed by atoms with Crippen LogP contribution in [0.1, 0.15) is 11.1 Å². The van der Waals surface area contributed by atoms with Crippen LogP contribution in [-0.2, 0) is 6.42 Å². The highest BCUT2D eigenvalue weighted by atomic mass is 32.1. The first kappa shape index (κ1) is 18.7. The monoisotopic (exact) mass is 439 g/mol. The Morgan fingerprint density at radius 2 is 1.27 bits per heavy atom. The lowest BCUT2D eigenvalue weighted by molar-refractivity contribution is 1.27. The van der Waals surface area contributed by atoms with E-state index in [-0.39, 0.29) is 0 Å². The molecule has 5 aromatic carbocycles. The van der Waals surface area contributed by atoms with Crippen LogP contribution in [0.15, 0.2) is 109 Å². The Kier molecular flexibility index (Phi) is 4.15. The number of thiophene rings is 1. The first-order chi connectivity index (χ1) is 16.3. The minimum Gasteiger partial charge on any atom is -0.355 e. The zero-order valence-corrected chi connectivity index (χ0v) is 18.8. The van der Waals surface area contributed by atoms with Crippen LogP contribution in [-0.4, -0.2) is 0 Å². The Balaban J connectivity index is 1.49. The van der Waals surface area contributed by atoms with Gasteiger partial charge >= 0.3 is 0 Å². The van der Waals surface area contributed by atoms with E-state index in [4.69, 9.17) is 0 Å². The van der Waals surface area contributed by atoms with Crippen molar-refractivity contribution >= 4 is 42.9 Å². The number of benzene rings is 5. The molecular weight excluding hydrogens is 418 g/mol. The van der Waals surface area contributed by atoms with E-state index in [1.165, 1.54) is 53.6 Å². The maximum atomic E-state index is 3.65. The van der Waals surface area contributed by atoms with Crippen LogP contribution < -0.4 is 5.32 Å². The van der Waals surface area contributed by atoms with Gasteiger partial charge in [0.1, 0.15) is 0 Å². The summed E-state index contributed by atoms with van der Waals surface area (Å²) < 4.78 is 2.70. The lowest BCUT2D eigenvalue weighted by atomic mass is 9.94. The van der Waals surface area contributed by atoms with Gasteiger partial charge in [-0.15, -0.1) is 11.3 Å². The molecule has 1 aliphatic carbocycles. The summed E-state index contributed by atoms with van der Waals surface area (Å²) in [5.41, 5.74) is 10.5. The maximum absolute atomic E-state index is 3.65. The van der Waals surface area contributed by atoms with E-state index in [0.717, 1.165) is 17.8 Å². The van der Waals surface area contributed by atoms with Crippen LogP contribution >= 0.6 is 11.3 Å². The van der Waals surface area contributed by atoms with Crippen LogP contribution in [0.4, 0.5) is 11.4 Å². The molecule has 6 aromatic rings. The number of hydrogen-bond donors (Lipinski definition) is 1. The van der Waals surface area contributed by atoms with Gasteiger partial charge < -0.3 is 5.32 Å². The van der Waals surface area contributed by atoms with Gasteiger partial charge in [0.2, 0.25) is 0 Å². The molecule has 1 nitrogen and oxygen atoms in total. The molecule has 0 spiro atoms. The third kappa shape index (κ3) is 2.99. The second-order valence-electron chi connectivity index (χ2n) is 8.66. The fourth-order valence-electron chi connectivity index (χ4n) is 5.20. The SMILES string of the molecule is c1ccc(Nc2cc(-c3cccc4c3Cc3ccccc3-4)c3sc4ccccc4c3c2)cc1. The van der Waals surface area contributed by atoms with Crippen LogP contribution in [0, 0.1) is 0 Å². The van der Waals surface area contributed by atoms with E-state index >= 15 is 0 Å². The number of para-hydroxylation sites is 1. The third-order valence-corrected chi connectivity index (χ3v) is 7.90. The van der Waals surface area contributed by atoms with Gasteiger partial charge in [0, 0.05) is 37.1 Å². The van der Waals surface area contributed by atoms with E-state index in [1.54, 1.807) is 0 Å². The highest BCUT2D eigenvalue weighted by Gasteiger charge is 2.23. The molecule has 0 unspecified atom stereocenters. The Hall–Kier alpha value is -3.88. The molecule has 0 aliphatic heterocycles. The molecule has 0 radical (unpaired) electrons. The lowest BCUT2D eigenvalue weighted by Gasteiger charge is -2.14. The number of hydrogen-bond acceptors (Lipinski definition) is 2. The molecule has 0 bridgehead atoms. The summed E-state index contributed by atoms with van der Waals surface area (Å²) in [7, 11) is 0. The van der Waals surface area contributed by atoms with Gasteiger partial charge in [0.15, 0.2) is 0 Å². The molecule has 1 aliphatic rings. The second-order valence-corrected chi connectivity index (χ2v) is 9.71. The van der Waals surface area contributed by atoms with Gasteiger partial charge in [0.25, 0.3) is 0 Å². The molecule has 1 N–H and O–H groups in total. The molecule has 156 valence electrons. The zero-order chi connectivity index (χ0) is 21.8. The number of anilines is 2. The smallest absolute Gasteiger partial charge is 0.0435 e. The van der Waals surface area contributed by atoms with Crippen molar-refractivity contribution in [1.82, 2.24) is 0 Å². The van der Waals surface area contributed by atoms with Crippen molar-refractivity contribution in [1.29, 1.82) is 0 Å². The molecule has 0 saturated heterocycles. The summed E-state index contributed by atoms with van der Waals surface area (Å²) in [4.78, 5) is 0. The van der Waals surface area contributed by atoms with Crippen LogP contribution in [0.5, 0.6) is 0 Å². The van der Waals surface area contributed by atoms with Gasteiger partial charge in [-0.2, -0.15) is 0 Å². The molecule has 0 atom stereocenters. The molecule has 0 saturated carbocycles. The summed E-state index contributed by atoms with van der Waals surface area (Å²) in [6.45, 7) is 0. The highest BCUT2D eigenvalue weighted by Crippen LogP contribution is 2.47. The van der Waals surface area contributed by atoms with Crippen molar-refractivity contribution in [2.45, 2.75) is 6.42 Å². The molecule has 1 aromatic heterocycles. The molecule has 1 heterocycles. The molecule has 7 rings (SSSR count). The Morgan fingerprint density at radius 3 is 2.18 bits per heavy atom. The second kappa shape index (κ2) is 7.33. The van der Waals surface area contributed by atoms with Crippen molar-refractivity contribution in [3.05, 3.63) is 120 Å². The van der Waals surface area contributed by atoms with Crippen molar-refractivity contribution in [3.63, 3.8) is 0 Å². The van der Waals surface area contributed by atoms with E-state index < -0.39 is 0 Å².